The lowest BCUT2D eigenvalue weighted by atomic mass is 10.2. The number of halogens is 1. The van der Waals surface area contributed by atoms with Crippen molar-refractivity contribution in [2.24, 2.45) is 5.73 Å². The van der Waals surface area contributed by atoms with Gasteiger partial charge in [-0.15, -0.1) is 11.3 Å². The second-order valence-corrected chi connectivity index (χ2v) is 5.87. The number of benzene rings is 1. The minimum atomic E-state index is -0.624. The molecule has 0 fully saturated rings. The van der Waals surface area contributed by atoms with Crippen LogP contribution in [0.4, 0.5) is 9.52 Å². The number of aromatic amines is 1. The number of thiazole rings is 1. The van der Waals surface area contributed by atoms with E-state index >= 15 is 0 Å². The number of rotatable bonds is 5. The molecule has 0 aliphatic rings. The molecule has 0 aliphatic carbocycles. The highest BCUT2D eigenvalue weighted by atomic mass is 32.1. The molecule has 2 amide bonds. The Balaban J connectivity index is 1.75. The second kappa shape index (κ2) is 6.73. The van der Waals surface area contributed by atoms with E-state index < -0.39 is 17.6 Å². The fraction of sp³-hybridized carbons (Fsp3) is 0.0625. The molecule has 2 heterocycles. The Morgan fingerprint density at radius 3 is 2.80 bits per heavy atom. The molecule has 0 aliphatic heterocycles. The second-order valence-electron chi connectivity index (χ2n) is 5.01. The van der Waals surface area contributed by atoms with Crippen LogP contribution in [0.5, 0.6) is 5.75 Å². The standard InChI is InChI=1S/C16H13FN4O3S/c1-24-13-3-2-8(4-10(13)17)15(23)21-16-20-12(7-25-16)9-5-11(14(18)22)19-6-9/h2-7,19H,1H3,(H2,18,22)(H,20,21,23). The zero-order chi connectivity index (χ0) is 18.0. The number of methoxy groups -OCH3 is 1. The molecule has 0 unspecified atom stereocenters. The smallest absolute Gasteiger partial charge is 0.265 e. The number of hydrogen-bond donors (Lipinski definition) is 3. The Labute approximate surface area is 145 Å². The van der Waals surface area contributed by atoms with Crippen LogP contribution in [-0.2, 0) is 0 Å². The predicted octanol–water partition coefficient (Wildman–Crippen LogP) is 2.64. The van der Waals surface area contributed by atoms with Crippen molar-refractivity contribution in [3.8, 4) is 17.0 Å². The number of ether oxygens (including phenoxy) is 1. The van der Waals surface area contributed by atoms with Crippen molar-refractivity contribution in [1.82, 2.24) is 9.97 Å². The highest BCUT2D eigenvalue weighted by Gasteiger charge is 2.14. The van der Waals surface area contributed by atoms with Gasteiger partial charge in [-0.2, -0.15) is 0 Å². The van der Waals surface area contributed by atoms with E-state index in [2.05, 4.69) is 15.3 Å². The zero-order valence-corrected chi connectivity index (χ0v) is 13.8. The predicted molar refractivity (Wildman–Crippen MR) is 91.3 cm³/mol. The van der Waals surface area contributed by atoms with Gasteiger partial charge in [-0.1, -0.05) is 0 Å². The number of nitrogens with zero attached hydrogens (tertiary/aromatic N) is 1. The maximum Gasteiger partial charge on any atom is 0.265 e. The monoisotopic (exact) mass is 360 g/mol. The van der Waals surface area contributed by atoms with Crippen LogP contribution in [0.3, 0.4) is 0 Å². The van der Waals surface area contributed by atoms with Crippen LogP contribution in [0.1, 0.15) is 20.8 Å². The van der Waals surface area contributed by atoms with Gasteiger partial charge < -0.3 is 15.5 Å². The summed E-state index contributed by atoms with van der Waals surface area (Å²) in [6, 6.07) is 5.50. The van der Waals surface area contributed by atoms with Gasteiger partial charge in [0.1, 0.15) is 5.69 Å². The number of nitrogens with two attached hydrogens (primary N) is 1. The van der Waals surface area contributed by atoms with Crippen LogP contribution in [0.25, 0.3) is 11.3 Å². The molecule has 0 spiro atoms. The first-order valence-electron chi connectivity index (χ1n) is 7.07. The molecule has 0 radical (unpaired) electrons. The Kier molecular flexibility index (Phi) is 4.48. The number of nitrogens with one attached hydrogen (secondary N) is 2. The molecule has 128 valence electrons. The van der Waals surface area contributed by atoms with Crippen LogP contribution < -0.4 is 15.8 Å². The van der Waals surface area contributed by atoms with Gasteiger partial charge in [0.05, 0.1) is 12.8 Å². The molecule has 0 saturated carbocycles. The van der Waals surface area contributed by atoms with Crippen LogP contribution >= 0.6 is 11.3 Å². The highest BCUT2D eigenvalue weighted by molar-refractivity contribution is 7.14. The number of primary amides is 1. The summed E-state index contributed by atoms with van der Waals surface area (Å²) in [4.78, 5) is 30.3. The summed E-state index contributed by atoms with van der Waals surface area (Å²) in [5, 5.41) is 4.67. The first-order valence-corrected chi connectivity index (χ1v) is 7.95. The van der Waals surface area contributed by atoms with Gasteiger partial charge in [0, 0.05) is 22.7 Å². The summed E-state index contributed by atoms with van der Waals surface area (Å²) in [7, 11) is 1.35. The van der Waals surface area contributed by atoms with Crippen molar-refractivity contribution in [3.63, 3.8) is 0 Å². The van der Waals surface area contributed by atoms with Gasteiger partial charge in [-0.3, -0.25) is 14.9 Å². The summed E-state index contributed by atoms with van der Waals surface area (Å²) >= 11 is 1.21. The summed E-state index contributed by atoms with van der Waals surface area (Å²) in [6.45, 7) is 0. The summed E-state index contributed by atoms with van der Waals surface area (Å²) in [5.41, 5.74) is 6.84. The molecule has 0 saturated heterocycles. The fourth-order valence-electron chi connectivity index (χ4n) is 2.13. The Morgan fingerprint density at radius 1 is 1.36 bits per heavy atom. The van der Waals surface area contributed by atoms with Gasteiger partial charge in [0.15, 0.2) is 16.7 Å². The molecule has 3 aromatic rings. The van der Waals surface area contributed by atoms with E-state index in [1.54, 1.807) is 17.6 Å². The lowest BCUT2D eigenvalue weighted by Gasteiger charge is -2.05. The van der Waals surface area contributed by atoms with Crippen molar-refractivity contribution in [1.29, 1.82) is 0 Å². The summed E-state index contributed by atoms with van der Waals surface area (Å²) < 4.78 is 18.5. The fourth-order valence-corrected chi connectivity index (χ4v) is 2.84. The van der Waals surface area contributed by atoms with Gasteiger partial charge in [0.2, 0.25) is 0 Å². The minimum absolute atomic E-state index is 0.0609. The molecule has 0 atom stereocenters. The number of H-pyrrole nitrogens is 1. The topological polar surface area (TPSA) is 110 Å². The average Bonchev–Trinajstić information content (AvgIpc) is 3.23. The van der Waals surface area contributed by atoms with Gasteiger partial charge >= 0.3 is 0 Å². The number of anilines is 1. The number of hydrogen-bond acceptors (Lipinski definition) is 5. The van der Waals surface area contributed by atoms with Crippen molar-refractivity contribution in [3.05, 3.63) is 52.9 Å². The molecule has 4 N–H and O–H groups in total. The normalized spacial score (nSPS) is 10.5. The largest absolute Gasteiger partial charge is 0.494 e. The zero-order valence-electron chi connectivity index (χ0n) is 13.0. The number of carbonyl (C=O) groups is 2. The molecule has 25 heavy (non-hydrogen) atoms. The number of aromatic nitrogens is 2. The van der Waals surface area contributed by atoms with Crippen molar-refractivity contribution >= 4 is 28.3 Å². The lowest BCUT2D eigenvalue weighted by molar-refractivity contribution is 0.0994. The lowest BCUT2D eigenvalue weighted by Crippen LogP contribution is -2.12. The highest BCUT2D eigenvalue weighted by Crippen LogP contribution is 2.26. The van der Waals surface area contributed by atoms with Gasteiger partial charge in [-0.25, -0.2) is 9.37 Å². The maximum absolute atomic E-state index is 13.7. The molecule has 9 heteroatoms. The molecule has 2 aromatic heterocycles. The van der Waals surface area contributed by atoms with E-state index in [0.29, 0.717) is 16.4 Å². The third-order valence-electron chi connectivity index (χ3n) is 3.38. The Hall–Kier alpha value is -3.20. The van der Waals surface area contributed by atoms with E-state index in [4.69, 9.17) is 10.5 Å². The first-order chi connectivity index (χ1) is 12.0. The van der Waals surface area contributed by atoms with Crippen LogP contribution in [0.2, 0.25) is 0 Å². The van der Waals surface area contributed by atoms with Crippen molar-refractivity contribution in [2.75, 3.05) is 12.4 Å². The maximum atomic E-state index is 13.7. The molecule has 7 nitrogen and oxygen atoms in total. The third kappa shape index (κ3) is 3.50. The van der Waals surface area contributed by atoms with Gasteiger partial charge in [-0.05, 0) is 24.3 Å². The van der Waals surface area contributed by atoms with E-state index in [1.807, 2.05) is 0 Å². The third-order valence-corrected chi connectivity index (χ3v) is 4.14. The molecular weight excluding hydrogens is 347 g/mol. The molecule has 0 bridgehead atoms. The van der Waals surface area contributed by atoms with Crippen molar-refractivity contribution in [2.45, 2.75) is 0 Å². The van der Waals surface area contributed by atoms with Crippen LogP contribution in [0, 0.1) is 5.82 Å². The summed E-state index contributed by atoms with van der Waals surface area (Å²) in [6.07, 6.45) is 1.60. The van der Waals surface area contributed by atoms with Crippen LogP contribution in [-0.4, -0.2) is 28.9 Å². The van der Waals surface area contributed by atoms with Crippen LogP contribution in [0.15, 0.2) is 35.8 Å². The first kappa shape index (κ1) is 16.7. The van der Waals surface area contributed by atoms with E-state index in [9.17, 15) is 14.0 Å². The quantitative estimate of drug-likeness (QED) is 0.649. The Bertz CT molecular complexity index is 951. The van der Waals surface area contributed by atoms with Crippen molar-refractivity contribution < 1.29 is 18.7 Å². The summed E-state index contributed by atoms with van der Waals surface area (Å²) in [5.74, 6) is -1.63. The minimum Gasteiger partial charge on any atom is -0.494 e. The van der Waals surface area contributed by atoms with E-state index in [-0.39, 0.29) is 17.0 Å². The van der Waals surface area contributed by atoms with E-state index in [1.165, 1.54) is 30.6 Å². The number of amides is 2. The molecular formula is C16H13FN4O3S. The van der Waals surface area contributed by atoms with Gasteiger partial charge in [0.25, 0.3) is 11.8 Å². The molecule has 3 rings (SSSR count). The van der Waals surface area contributed by atoms with E-state index in [0.717, 1.165) is 6.07 Å². The number of carbonyl (C=O) groups excluding carboxylic acids is 2. The average molecular weight is 360 g/mol. The Morgan fingerprint density at radius 2 is 2.16 bits per heavy atom. The SMILES string of the molecule is COc1ccc(C(=O)Nc2nc(-c3c[nH]c(C(N)=O)c3)cs2)cc1F. The molecule has 1 aromatic carbocycles.